The number of amides is 2. The molecule has 128 valence electrons. The van der Waals surface area contributed by atoms with Crippen LogP contribution in [0.3, 0.4) is 0 Å². The predicted octanol–water partition coefficient (Wildman–Crippen LogP) is 1.61. The molecule has 6 heteroatoms. The van der Waals surface area contributed by atoms with Crippen LogP contribution in [0.4, 0.5) is 0 Å². The number of carbonyl (C=O) groups is 3. The molecule has 0 aromatic heterocycles. The summed E-state index contributed by atoms with van der Waals surface area (Å²) in [5.41, 5.74) is 0.621. The van der Waals surface area contributed by atoms with Gasteiger partial charge in [0.25, 0.3) is 5.91 Å². The molecule has 24 heavy (non-hydrogen) atoms. The normalized spacial score (nSPS) is 24.0. The largest absolute Gasteiger partial charge is 0.480 e. The third-order valence-corrected chi connectivity index (χ3v) is 4.90. The van der Waals surface area contributed by atoms with Crippen LogP contribution in [0.25, 0.3) is 0 Å². The van der Waals surface area contributed by atoms with E-state index in [0.29, 0.717) is 38.0 Å². The summed E-state index contributed by atoms with van der Waals surface area (Å²) < 4.78 is 0. The Bertz CT molecular complexity index is 631. The van der Waals surface area contributed by atoms with Crippen LogP contribution in [0.2, 0.25) is 0 Å². The third kappa shape index (κ3) is 3.27. The van der Waals surface area contributed by atoms with Crippen molar-refractivity contribution in [1.29, 1.82) is 0 Å². The fraction of sp³-hybridized carbons (Fsp3) is 0.500. The minimum Gasteiger partial charge on any atom is -0.480 e. The number of aliphatic carboxylic acids is 1. The second-order valence-electron chi connectivity index (χ2n) is 6.48. The van der Waals surface area contributed by atoms with Crippen molar-refractivity contribution in [2.75, 3.05) is 19.6 Å². The van der Waals surface area contributed by atoms with Gasteiger partial charge in [0.2, 0.25) is 5.91 Å². The molecule has 0 spiro atoms. The molecule has 3 rings (SSSR count). The molecule has 0 bridgehead atoms. The number of carboxylic acids is 1. The lowest BCUT2D eigenvalue weighted by Crippen LogP contribution is -2.49. The minimum atomic E-state index is -0.936. The molecule has 2 aliphatic heterocycles. The molecule has 0 saturated carbocycles. The van der Waals surface area contributed by atoms with E-state index in [2.05, 4.69) is 0 Å². The standard InChI is InChI=1S/C18H22N2O4/c21-16(13-6-2-1-3-7-13)19-10-4-8-14(12-19)17(22)20-11-5-9-15(20)18(23)24/h1-3,6-7,14-15H,4-5,8-12H2,(H,23,24). The van der Waals surface area contributed by atoms with Gasteiger partial charge in [0, 0.05) is 25.2 Å². The van der Waals surface area contributed by atoms with Crippen molar-refractivity contribution in [1.82, 2.24) is 9.80 Å². The molecule has 0 aliphatic carbocycles. The molecule has 0 radical (unpaired) electrons. The summed E-state index contributed by atoms with van der Waals surface area (Å²) in [6.07, 6.45) is 2.71. The van der Waals surface area contributed by atoms with Crippen LogP contribution in [-0.4, -0.2) is 58.4 Å². The van der Waals surface area contributed by atoms with Gasteiger partial charge in [-0.05, 0) is 37.8 Å². The number of carboxylic acid groups (broad SMARTS) is 1. The Hall–Kier alpha value is -2.37. The molecule has 2 aliphatic rings. The smallest absolute Gasteiger partial charge is 0.326 e. The Morgan fingerprint density at radius 3 is 2.42 bits per heavy atom. The van der Waals surface area contributed by atoms with Crippen molar-refractivity contribution in [3.8, 4) is 0 Å². The van der Waals surface area contributed by atoms with E-state index in [1.807, 2.05) is 18.2 Å². The monoisotopic (exact) mass is 330 g/mol. The van der Waals surface area contributed by atoms with Crippen LogP contribution in [0, 0.1) is 5.92 Å². The summed E-state index contributed by atoms with van der Waals surface area (Å²) in [5, 5.41) is 9.26. The molecule has 2 atom stereocenters. The number of hydrogen-bond acceptors (Lipinski definition) is 3. The van der Waals surface area contributed by atoms with Crippen LogP contribution in [-0.2, 0) is 9.59 Å². The molecule has 2 saturated heterocycles. The number of nitrogens with zero attached hydrogens (tertiary/aromatic N) is 2. The van der Waals surface area contributed by atoms with E-state index in [1.54, 1.807) is 17.0 Å². The van der Waals surface area contributed by atoms with Gasteiger partial charge in [-0.2, -0.15) is 0 Å². The Kier molecular flexibility index (Phi) is 4.83. The van der Waals surface area contributed by atoms with Gasteiger partial charge in [-0.15, -0.1) is 0 Å². The lowest BCUT2D eigenvalue weighted by molar-refractivity contribution is -0.150. The first-order valence-electron chi connectivity index (χ1n) is 8.45. The first-order valence-corrected chi connectivity index (χ1v) is 8.45. The topological polar surface area (TPSA) is 77.9 Å². The Morgan fingerprint density at radius 2 is 1.71 bits per heavy atom. The average Bonchev–Trinajstić information content (AvgIpc) is 3.11. The Labute approximate surface area is 141 Å². The van der Waals surface area contributed by atoms with Gasteiger partial charge < -0.3 is 14.9 Å². The second-order valence-corrected chi connectivity index (χ2v) is 6.48. The predicted molar refractivity (Wildman–Crippen MR) is 87.4 cm³/mol. The number of likely N-dealkylation sites (tertiary alicyclic amines) is 2. The number of piperidine rings is 1. The zero-order valence-corrected chi connectivity index (χ0v) is 13.6. The Morgan fingerprint density at radius 1 is 1.00 bits per heavy atom. The zero-order chi connectivity index (χ0) is 17.1. The fourth-order valence-corrected chi connectivity index (χ4v) is 3.65. The van der Waals surface area contributed by atoms with Gasteiger partial charge in [0.15, 0.2) is 0 Å². The van der Waals surface area contributed by atoms with Crippen molar-refractivity contribution in [2.45, 2.75) is 31.7 Å². The van der Waals surface area contributed by atoms with Crippen LogP contribution in [0.1, 0.15) is 36.0 Å². The number of carbonyl (C=O) groups excluding carboxylic acids is 2. The van der Waals surface area contributed by atoms with E-state index in [-0.39, 0.29) is 17.7 Å². The van der Waals surface area contributed by atoms with E-state index in [1.165, 1.54) is 4.90 Å². The SMILES string of the molecule is O=C(O)C1CCCN1C(=O)C1CCCN(C(=O)c2ccccc2)C1. The van der Waals surface area contributed by atoms with Gasteiger partial charge in [0.1, 0.15) is 6.04 Å². The van der Waals surface area contributed by atoms with Crippen LogP contribution < -0.4 is 0 Å². The van der Waals surface area contributed by atoms with E-state index in [4.69, 9.17) is 0 Å². The lowest BCUT2D eigenvalue weighted by Gasteiger charge is -2.35. The minimum absolute atomic E-state index is 0.0655. The number of hydrogen-bond donors (Lipinski definition) is 1. The first-order chi connectivity index (χ1) is 11.6. The van der Waals surface area contributed by atoms with Crippen LogP contribution >= 0.6 is 0 Å². The van der Waals surface area contributed by atoms with Gasteiger partial charge in [-0.25, -0.2) is 4.79 Å². The average molecular weight is 330 g/mol. The third-order valence-electron chi connectivity index (χ3n) is 4.90. The lowest BCUT2D eigenvalue weighted by atomic mass is 9.95. The van der Waals surface area contributed by atoms with Crippen molar-refractivity contribution in [2.24, 2.45) is 5.92 Å². The molecule has 1 aromatic carbocycles. The van der Waals surface area contributed by atoms with E-state index in [0.717, 1.165) is 12.8 Å². The molecule has 1 aromatic rings. The first kappa shape index (κ1) is 16.5. The maximum atomic E-state index is 12.7. The zero-order valence-electron chi connectivity index (χ0n) is 13.6. The van der Waals surface area contributed by atoms with Crippen molar-refractivity contribution in [3.05, 3.63) is 35.9 Å². The summed E-state index contributed by atoms with van der Waals surface area (Å²) in [6, 6.07) is 8.34. The summed E-state index contributed by atoms with van der Waals surface area (Å²) in [4.78, 5) is 39.8. The summed E-state index contributed by atoms with van der Waals surface area (Å²) in [7, 11) is 0. The maximum Gasteiger partial charge on any atom is 0.326 e. The number of benzene rings is 1. The molecule has 1 N–H and O–H groups in total. The van der Waals surface area contributed by atoms with Gasteiger partial charge in [-0.3, -0.25) is 9.59 Å². The van der Waals surface area contributed by atoms with Gasteiger partial charge in [0.05, 0.1) is 5.92 Å². The quantitative estimate of drug-likeness (QED) is 0.913. The second kappa shape index (κ2) is 7.03. The molecular weight excluding hydrogens is 308 g/mol. The summed E-state index contributed by atoms with van der Waals surface area (Å²) in [6.45, 7) is 1.51. The highest BCUT2D eigenvalue weighted by atomic mass is 16.4. The van der Waals surface area contributed by atoms with E-state index >= 15 is 0 Å². The molecule has 2 fully saturated rings. The Balaban J connectivity index is 1.68. The van der Waals surface area contributed by atoms with E-state index in [9.17, 15) is 19.5 Å². The molecule has 2 unspecified atom stereocenters. The molecule has 2 amide bonds. The summed E-state index contributed by atoms with van der Waals surface area (Å²) in [5.74, 6) is -1.42. The van der Waals surface area contributed by atoms with Crippen molar-refractivity contribution >= 4 is 17.8 Å². The van der Waals surface area contributed by atoms with E-state index < -0.39 is 12.0 Å². The molecular formula is C18H22N2O4. The van der Waals surface area contributed by atoms with Gasteiger partial charge in [-0.1, -0.05) is 18.2 Å². The maximum absolute atomic E-state index is 12.7. The fourth-order valence-electron chi connectivity index (χ4n) is 3.65. The van der Waals surface area contributed by atoms with Crippen molar-refractivity contribution in [3.63, 3.8) is 0 Å². The molecule has 6 nitrogen and oxygen atoms in total. The highest BCUT2D eigenvalue weighted by molar-refractivity contribution is 5.95. The highest BCUT2D eigenvalue weighted by Crippen LogP contribution is 2.25. The molecule has 2 heterocycles. The summed E-state index contributed by atoms with van der Waals surface area (Å²) >= 11 is 0. The highest BCUT2D eigenvalue weighted by Gasteiger charge is 2.39. The van der Waals surface area contributed by atoms with Crippen molar-refractivity contribution < 1.29 is 19.5 Å². The number of rotatable bonds is 3. The van der Waals surface area contributed by atoms with Crippen LogP contribution in [0.5, 0.6) is 0 Å². The van der Waals surface area contributed by atoms with Crippen LogP contribution in [0.15, 0.2) is 30.3 Å². The van der Waals surface area contributed by atoms with Gasteiger partial charge >= 0.3 is 5.97 Å².